The van der Waals surface area contributed by atoms with Crippen LogP contribution in [0.2, 0.25) is 10.0 Å². The maximum Gasteiger partial charge on any atom is 0.199 e. The number of hydrogen-bond donors (Lipinski definition) is 3. The molecule has 7 nitrogen and oxygen atoms in total. The Hall–Kier alpha value is -2.22. The molecule has 0 atom stereocenters. The van der Waals surface area contributed by atoms with Gasteiger partial charge in [0.2, 0.25) is 0 Å². The van der Waals surface area contributed by atoms with E-state index in [4.69, 9.17) is 23.2 Å². The molecule has 0 saturated carbocycles. The number of anilines is 1. The van der Waals surface area contributed by atoms with Crippen LogP contribution in [0.4, 0.5) is 5.82 Å². The Kier molecular flexibility index (Phi) is 5.01. The quantitative estimate of drug-likeness (QED) is 0.633. The van der Waals surface area contributed by atoms with Gasteiger partial charge in [-0.05, 0) is 50.2 Å². The van der Waals surface area contributed by atoms with Gasteiger partial charge < -0.3 is 10.6 Å². The van der Waals surface area contributed by atoms with Crippen molar-refractivity contribution in [1.82, 2.24) is 30.5 Å². The smallest absolute Gasteiger partial charge is 0.199 e. The number of halogens is 2. The van der Waals surface area contributed by atoms with E-state index in [9.17, 15) is 0 Å². The molecule has 0 aliphatic carbocycles. The Morgan fingerprint density at radius 1 is 1.00 bits per heavy atom. The molecule has 0 unspecified atom stereocenters. The number of H-pyrrole nitrogens is 1. The number of rotatable bonds is 4. The van der Waals surface area contributed by atoms with Crippen LogP contribution in [-0.4, -0.2) is 44.3 Å². The van der Waals surface area contributed by atoms with Gasteiger partial charge in [0.25, 0.3) is 0 Å². The fourth-order valence-corrected chi connectivity index (χ4v) is 3.15. The van der Waals surface area contributed by atoms with Crippen molar-refractivity contribution < 1.29 is 0 Å². The van der Waals surface area contributed by atoms with Crippen LogP contribution in [0.1, 0.15) is 12.8 Å². The number of nitrogens with zero attached hydrogens (tertiary/aromatic N) is 4. The minimum absolute atomic E-state index is 0.417. The molecule has 1 saturated heterocycles. The highest BCUT2D eigenvalue weighted by molar-refractivity contribution is 6.42. The lowest BCUT2D eigenvalue weighted by atomic mass is 10.1. The molecule has 1 aliphatic rings. The zero-order valence-electron chi connectivity index (χ0n) is 13.8. The summed E-state index contributed by atoms with van der Waals surface area (Å²) in [7, 11) is 0. The van der Waals surface area contributed by atoms with Crippen molar-refractivity contribution in [3.8, 4) is 23.0 Å². The molecule has 3 heterocycles. The molecule has 0 spiro atoms. The molecule has 2 aromatic heterocycles. The topological polar surface area (TPSA) is 91.4 Å². The first kappa shape index (κ1) is 17.2. The average molecular weight is 390 g/mol. The molecule has 0 radical (unpaired) electrons. The van der Waals surface area contributed by atoms with Crippen molar-refractivity contribution >= 4 is 29.0 Å². The van der Waals surface area contributed by atoms with Gasteiger partial charge in [-0.25, -0.2) is 15.0 Å². The highest BCUT2D eigenvalue weighted by atomic mass is 35.5. The van der Waals surface area contributed by atoms with Gasteiger partial charge in [-0.15, -0.1) is 0 Å². The third-order valence-electron chi connectivity index (χ3n) is 4.22. The standard InChI is InChI=1S/C17H17Cl2N7/c18-12-2-1-10(9-13(12)19)15-24-17(26-25-15)16-21-8-5-14(23-16)22-11-3-6-20-7-4-11/h1-2,5,8-9,11,20H,3-4,6-7H2,(H,21,22,23)(H,24,25,26). The summed E-state index contributed by atoms with van der Waals surface area (Å²) in [6.45, 7) is 2.04. The minimum atomic E-state index is 0.417. The molecule has 1 aromatic carbocycles. The summed E-state index contributed by atoms with van der Waals surface area (Å²) in [4.78, 5) is 13.3. The fraction of sp³-hybridized carbons (Fsp3) is 0.294. The van der Waals surface area contributed by atoms with Crippen molar-refractivity contribution in [1.29, 1.82) is 0 Å². The molecular formula is C17H17Cl2N7. The van der Waals surface area contributed by atoms with E-state index in [2.05, 4.69) is 35.8 Å². The van der Waals surface area contributed by atoms with Gasteiger partial charge in [-0.3, -0.25) is 5.10 Å². The predicted molar refractivity (Wildman–Crippen MR) is 102 cm³/mol. The van der Waals surface area contributed by atoms with Crippen molar-refractivity contribution in [2.75, 3.05) is 18.4 Å². The van der Waals surface area contributed by atoms with Gasteiger partial charge in [0.1, 0.15) is 5.82 Å². The number of nitrogens with one attached hydrogen (secondary N) is 3. The second-order valence-electron chi connectivity index (χ2n) is 6.07. The van der Waals surface area contributed by atoms with Gasteiger partial charge in [0.15, 0.2) is 17.5 Å². The first-order valence-electron chi connectivity index (χ1n) is 8.37. The number of aromatic nitrogens is 5. The van der Waals surface area contributed by atoms with Crippen molar-refractivity contribution in [2.45, 2.75) is 18.9 Å². The molecule has 134 valence electrons. The molecule has 3 aromatic rings. The Balaban J connectivity index is 1.55. The average Bonchev–Trinajstić information content (AvgIpc) is 3.15. The van der Waals surface area contributed by atoms with Gasteiger partial charge in [0, 0.05) is 17.8 Å². The van der Waals surface area contributed by atoms with Crippen LogP contribution >= 0.6 is 23.2 Å². The van der Waals surface area contributed by atoms with E-state index in [1.165, 1.54) is 0 Å². The van der Waals surface area contributed by atoms with Crippen molar-refractivity contribution in [3.63, 3.8) is 0 Å². The summed E-state index contributed by atoms with van der Waals surface area (Å²) < 4.78 is 0. The molecule has 1 fully saturated rings. The lowest BCUT2D eigenvalue weighted by Gasteiger charge is -2.24. The second-order valence-corrected chi connectivity index (χ2v) is 6.89. The maximum absolute atomic E-state index is 6.07. The fourth-order valence-electron chi connectivity index (χ4n) is 2.85. The van der Waals surface area contributed by atoms with Crippen LogP contribution in [0, 0.1) is 0 Å². The summed E-state index contributed by atoms with van der Waals surface area (Å²) in [6, 6.07) is 7.54. The third kappa shape index (κ3) is 3.80. The van der Waals surface area contributed by atoms with E-state index >= 15 is 0 Å². The monoisotopic (exact) mass is 389 g/mol. The van der Waals surface area contributed by atoms with Gasteiger partial charge in [-0.2, -0.15) is 5.10 Å². The van der Waals surface area contributed by atoms with E-state index in [-0.39, 0.29) is 0 Å². The summed E-state index contributed by atoms with van der Waals surface area (Å²) in [5, 5.41) is 14.9. The number of benzene rings is 1. The van der Waals surface area contributed by atoms with Crippen LogP contribution in [-0.2, 0) is 0 Å². The Morgan fingerprint density at radius 3 is 2.65 bits per heavy atom. The Morgan fingerprint density at radius 2 is 1.85 bits per heavy atom. The minimum Gasteiger partial charge on any atom is -0.367 e. The summed E-state index contributed by atoms with van der Waals surface area (Å²) >= 11 is 12.0. The van der Waals surface area contributed by atoms with Crippen LogP contribution in [0.3, 0.4) is 0 Å². The third-order valence-corrected chi connectivity index (χ3v) is 4.96. The molecular weight excluding hydrogens is 373 g/mol. The van der Waals surface area contributed by atoms with Crippen LogP contribution in [0.25, 0.3) is 23.0 Å². The molecule has 3 N–H and O–H groups in total. The molecule has 26 heavy (non-hydrogen) atoms. The van der Waals surface area contributed by atoms with E-state index in [1.807, 2.05) is 12.1 Å². The van der Waals surface area contributed by atoms with Gasteiger partial charge in [0.05, 0.1) is 10.0 Å². The predicted octanol–water partition coefficient (Wildman–Crippen LogP) is 3.40. The summed E-state index contributed by atoms with van der Waals surface area (Å²) in [5.41, 5.74) is 0.769. The van der Waals surface area contributed by atoms with E-state index in [0.717, 1.165) is 37.3 Å². The largest absolute Gasteiger partial charge is 0.367 e. The first-order chi connectivity index (χ1) is 12.7. The molecule has 1 aliphatic heterocycles. The second kappa shape index (κ2) is 7.57. The molecule has 4 rings (SSSR count). The number of aromatic amines is 1. The molecule has 9 heteroatoms. The zero-order chi connectivity index (χ0) is 17.9. The van der Waals surface area contributed by atoms with E-state index < -0.39 is 0 Å². The first-order valence-corrected chi connectivity index (χ1v) is 9.13. The van der Waals surface area contributed by atoms with Crippen molar-refractivity contribution in [2.24, 2.45) is 0 Å². The number of hydrogen-bond acceptors (Lipinski definition) is 6. The van der Waals surface area contributed by atoms with Crippen LogP contribution in [0.5, 0.6) is 0 Å². The Bertz CT molecular complexity index is 906. The highest BCUT2D eigenvalue weighted by Crippen LogP contribution is 2.27. The lowest BCUT2D eigenvalue weighted by Crippen LogP contribution is -2.35. The maximum atomic E-state index is 6.07. The highest BCUT2D eigenvalue weighted by Gasteiger charge is 2.15. The lowest BCUT2D eigenvalue weighted by molar-refractivity contribution is 0.478. The van der Waals surface area contributed by atoms with E-state index in [0.29, 0.717) is 33.6 Å². The van der Waals surface area contributed by atoms with E-state index in [1.54, 1.807) is 18.3 Å². The van der Waals surface area contributed by atoms with Gasteiger partial charge >= 0.3 is 0 Å². The van der Waals surface area contributed by atoms with Crippen LogP contribution < -0.4 is 10.6 Å². The number of piperidine rings is 1. The molecule has 0 amide bonds. The van der Waals surface area contributed by atoms with Gasteiger partial charge in [-0.1, -0.05) is 23.2 Å². The van der Waals surface area contributed by atoms with Crippen molar-refractivity contribution in [3.05, 3.63) is 40.5 Å². The van der Waals surface area contributed by atoms with Crippen LogP contribution in [0.15, 0.2) is 30.5 Å². The molecule has 0 bridgehead atoms. The summed E-state index contributed by atoms with van der Waals surface area (Å²) in [6.07, 6.45) is 3.86. The Labute approximate surface area is 160 Å². The summed E-state index contributed by atoms with van der Waals surface area (Å²) in [5.74, 6) is 2.29. The normalized spacial score (nSPS) is 15.2. The zero-order valence-corrected chi connectivity index (χ0v) is 15.3. The SMILES string of the molecule is Clc1ccc(-c2n[nH]c(-c3nccc(NC4CCNCC4)n3)n2)cc1Cl.